The Morgan fingerprint density at radius 1 is 0.946 bits per heavy atom. The van der Waals surface area contributed by atoms with Crippen LogP contribution in [0.2, 0.25) is 0 Å². The number of amides is 2. The second-order valence-electron chi connectivity index (χ2n) is 11.4. The first kappa shape index (κ1) is 30.2. The third-order valence-electron chi connectivity index (χ3n) is 5.88. The lowest BCUT2D eigenvalue weighted by molar-refractivity contribution is -0.140. The van der Waals surface area contributed by atoms with Crippen molar-refractivity contribution < 1.29 is 22.7 Å². The summed E-state index contributed by atoms with van der Waals surface area (Å²) in [5.41, 5.74) is 1.62. The number of nitrogens with zero attached hydrogens (tertiary/aromatic N) is 2. The Balaban J connectivity index is 2.41. The normalized spacial score (nSPS) is 13.0. The second-order valence-corrected chi connectivity index (χ2v) is 13.3. The number of nitrogens with one attached hydrogen (secondary N) is 1. The summed E-state index contributed by atoms with van der Waals surface area (Å²) in [7, 11) is -2.22. The van der Waals surface area contributed by atoms with E-state index in [1.54, 1.807) is 38.3 Å². The van der Waals surface area contributed by atoms with E-state index in [9.17, 15) is 18.0 Å². The van der Waals surface area contributed by atoms with Gasteiger partial charge in [-0.2, -0.15) is 0 Å². The van der Waals surface area contributed by atoms with Crippen LogP contribution in [0.5, 0.6) is 5.75 Å². The maximum atomic E-state index is 13.7. The van der Waals surface area contributed by atoms with Crippen LogP contribution in [0.25, 0.3) is 0 Å². The minimum absolute atomic E-state index is 0.102. The monoisotopic (exact) mass is 531 g/mol. The van der Waals surface area contributed by atoms with Gasteiger partial charge in [-0.15, -0.1) is 0 Å². The van der Waals surface area contributed by atoms with Gasteiger partial charge in [-0.25, -0.2) is 8.42 Å². The number of sulfonamides is 1. The quantitative estimate of drug-likeness (QED) is 0.526. The zero-order valence-electron chi connectivity index (χ0n) is 23.5. The van der Waals surface area contributed by atoms with E-state index in [1.165, 1.54) is 4.90 Å². The summed E-state index contributed by atoms with van der Waals surface area (Å²) in [4.78, 5) is 28.1. The molecule has 2 rings (SSSR count). The molecule has 9 heteroatoms. The van der Waals surface area contributed by atoms with Crippen LogP contribution in [0, 0.1) is 0 Å². The molecule has 0 aliphatic rings. The molecule has 2 amide bonds. The first-order valence-corrected chi connectivity index (χ1v) is 14.1. The van der Waals surface area contributed by atoms with Gasteiger partial charge in [0.1, 0.15) is 18.3 Å². The Hall–Kier alpha value is -3.07. The van der Waals surface area contributed by atoms with Crippen LogP contribution >= 0.6 is 0 Å². The number of methoxy groups -OCH3 is 1. The lowest BCUT2D eigenvalue weighted by Crippen LogP contribution is -2.54. The molecule has 1 atom stereocenters. The molecule has 0 saturated heterocycles. The molecule has 0 spiro atoms. The molecule has 0 radical (unpaired) electrons. The van der Waals surface area contributed by atoms with E-state index in [0.29, 0.717) is 11.4 Å². The predicted octanol–water partition coefficient (Wildman–Crippen LogP) is 4.09. The first-order valence-electron chi connectivity index (χ1n) is 12.2. The van der Waals surface area contributed by atoms with E-state index in [4.69, 9.17) is 4.74 Å². The topological polar surface area (TPSA) is 96.0 Å². The first-order chi connectivity index (χ1) is 16.9. The third-order valence-corrected chi connectivity index (χ3v) is 7.02. The highest BCUT2D eigenvalue weighted by Gasteiger charge is 2.31. The van der Waals surface area contributed by atoms with Crippen molar-refractivity contribution in [2.75, 3.05) is 24.2 Å². The fraction of sp³-hybridized carbons (Fsp3) is 0.500. The Morgan fingerprint density at radius 3 is 1.92 bits per heavy atom. The van der Waals surface area contributed by atoms with Crippen LogP contribution in [-0.2, 0) is 31.6 Å². The van der Waals surface area contributed by atoms with Crippen LogP contribution < -0.4 is 14.4 Å². The SMILES string of the molecule is COc1ccc(CN(C(=O)CN(c2ccc(C(C)(C)C)cc2)S(C)(=O)=O)[C@@H](C)C(=O)NC(C)(C)C)cc1. The Bertz CT molecular complexity index is 1180. The highest BCUT2D eigenvalue weighted by Crippen LogP contribution is 2.26. The number of hydrogen-bond donors (Lipinski definition) is 1. The van der Waals surface area contributed by atoms with Gasteiger partial charge in [0.2, 0.25) is 21.8 Å². The van der Waals surface area contributed by atoms with E-state index in [1.807, 2.05) is 45.0 Å². The zero-order valence-corrected chi connectivity index (χ0v) is 24.3. The van der Waals surface area contributed by atoms with Gasteiger partial charge in [-0.05, 0) is 68.5 Å². The number of rotatable bonds is 9. The van der Waals surface area contributed by atoms with Crippen LogP contribution in [0.1, 0.15) is 59.6 Å². The van der Waals surface area contributed by atoms with Crippen molar-refractivity contribution in [1.82, 2.24) is 10.2 Å². The molecule has 0 saturated carbocycles. The molecule has 0 heterocycles. The summed E-state index contributed by atoms with van der Waals surface area (Å²) >= 11 is 0. The predicted molar refractivity (Wildman–Crippen MR) is 148 cm³/mol. The number of anilines is 1. The summed E-state index contributed by atoms with van der Waals surface area (Å²) < 4.78 is 31.8. The molecule has 0 aromatic heterocycles. The maximum absolute atomic E-state index is 13.7. The van der Waals surface area contributed by atoms with Gasteiger partial charge in [0.05, 0.1) is 19.1 Å². The number of hydrogen-bond acceptors (Lipinski definition) is 5. The minimum atomic E-state index is -3.78. The number of carbonyl (C=O) groups is 2. The van der Waals surface area contributed by atoms with Crippen LogP contribution in [0.3, 0.4) is 0 Å². The lowest BCUT2D eigenvalue weighted by Gasteiger charge is -2.33. The molecule has 37 heavy (non-hydrogen) atoms. The van der Waals surface area contributed by atoms with Gasteiger partial charge in [0.25, 0.3) is 0 Å². The van der Waals surface area contributed by atoms with Crippen LogP contribution in [0.15, 0.2) is 48.5 Å². The Kier molecular flexibility index (Phi) is 9.41. The molecule has 2 aromatic carbocycles. The third kappa shape index (κ3) is 8.77. The summed E-state index contributed by atoms with van der Waals surface area (Å²) in [6.07, 6.45) is 1.07. The molecule has 0 unspecified atom stereocenters. The number of benzene rings is 2. The maximum Gasteiger partial charge on any atom is 0.244 e. The molecular weight excluding hydrogens is 490 g/mol. The highest BCUT2D eigenvalue weighted by molar-refractivity contribution is 7.92. The number of carbonyl (C=O) groups excluding carboxylic acids is 2. The molecule has 0 aliphatic carbocycles. The average Bonchev–Trinajstić information content (AvgIpc) is 2.78. The van der Waals surface area contributed by atoms with Gasteiger partial charge < -0.3 is 15.0 Å². The molecular formula is C28H41N3O5S. The van der Waals surface area contributed by atoms with Crippen molar-refractivity contribution in [3.05, 3.63) is 59.7 Å². The summed E-state index contributed by atoms with van der Waals surface area (Å²) in [6.45, 7) is 13.1. The van der Waals surface area contributed by atoms with Crippen molar-refractivity contribution in [1.29, 1.82) is 0 Å². The highest BCUT2D eigenvalue weighted by atomic mass is 32.2. The van der Waals surface area contributed by atoms with E-state index >= 15 is 0 Å². The molecule has 8 nitrogen and oxygen atoms in total. The van der Waals surface area contributed by atoms with Crippen molar-refractivity contribution in [2.24, 2.45) is 0 Å². The van der Waals surface area contributed by atoms with E-state index in [2.05, 4.69) is 26.1 Å². The molecule has 0 fully saturated rings. The van der Waals surface area contributed by atoms with Crippen LogP contribution in [-0.4, -0.2) is 56.6 Å². The molecule has 1 N–H and O–H groups in total. The van der Waals surface area contributed by atoms with E-state index in [-0.39, 0.29) is 17.9 Å². The minimum Gasteiger partial charge on any atom is -0.497 e. The summed E-state index contributed by atoms with van der Waals surface area (Å²) in [5.74, 6) is -0.144. The Morgan fingerprint density at radius 2 is 1.49 bits per heavy atom. The zero-order chi connectivity index (χ0) is 28.2. The van der Waals surface area contributed by atoms with Gasteiger partial charge in [0, 0.05) is 12.1 Å². The van der Waals surface area contributed by atoms with Gasteiger partial charge in [-0.1, -0.05) is 45.0 Å². The molecule has 204 valence electrons. The second kappa shape index (κ2) is 11.5. The van der Waals surface area contributed by atoms with Gasteiger partial charge in [0.15, 0.2) is 0 Å². The molecule has 2 aromatic rings. The van der Waals surface area contributed by atoms with Crippen molar-refractivity contribution in [2.45, 2.75) is 72.0 Å². The van der Waals surface area contributed by atoms with Crippen molar-refractivity contribution in [3.63, 3.8) is 0 Å². The van der Waals surface area contributed by atoms with Crippen molar-refractivity contribution in [3.8, 4) is 5.75 Å². The average molecular weight is 532 g/mol. The van der Waals surface area contributed by atoms with E-state index < -0.39 is 34.1 Å². The Labute approximate surface area is 222 Å². The molecule has 0 aliphatic heterocycles. The van der Waals surface area contributed by atoms with E-state index in [0.717, 1.165) is 21.7 Å². The standard InChI is InChI=1S/C28H41N3O5S/c1-20(26(33)29-28(5,6)7)30(18-21-10-16-24(36-8)17-11-21)25(32)19-31(37(9,34)35)23-14-12-22(13-15-23)27(2,3)4/h10-17,20H,18-19H2,1-9H3,(H,29,33)/t20-/m0/s1. The fourth-order valence-electron chi connectivity index (χ4n) is 3.73. The smallest absolute Gasteiger partial charge is 0.244 e. The van der Waals surface area contributed by atoms with Gasteiger partial charge >= 0.3 is 0 Å². The van der Waals surface area contributed by atoms with Gasteiger partial charge in [-0.3, -0.25) is 13.9 Å². The fourth-order valence-corrected chi connectivity index (χ4v) is 4.58. The number of ether oxygens (including phenoxy) is 1. The summed E-state index contributed by atoms with van der Waals surface area (Å²) in [5, 5.41) is 2.91. The summed E-state index contributed by atoms with van der Waals surface area (Å²) in [6, 6.07) is 13.5. The largest absolute Gasteiger partial charge is 0.497 e. The van der Waals surface area contributed by atoms with Crippen LogP contribution in [0.4, 0.5) is 5.69 Å². The molecule has 0 bridgehead atoms. The van der Waals surface area contributed by atoms with Crippen molar-refractivity contribution >= 4 is 27.5 Å². The lowest BCUT2D eigenvalue weighted by atomic mass is 9.87.